The molecule has 0 aliphatic carbocycles. The molecule has 0 fully saturated rings. The summed E-state index contributed by atoms with van der Waals surface area (Å²) in [5.74, 6) is 0.599. The molecule has 2 aromatic heterocycles. The van der Waals surface area contributed by atoms with Crippen LogP contribution in [0.1, 0.15) is 0 Å². The van der Waals surface area contributed by atoms with Gasteiger partial charge in [0.15, 0.2) is 0 Å². The number of nitrogens with one attached hydrogen (secondary N) is 1. The summed E-state index contributed by atoms with van der Waals surface area (Å²) in [5, 5.41) is 4.05. The molecule has 88 valence electrons. The zero-order valence-corrected chi connectivity index (χ0v) is 9.96. The minimum absolute atomic E-state index is 0.599. The largest absolute Gasteiger partial charge is 0.357 e. The monoisotopic (exact) mass is 236 g/mol. The van der Waals surface area contributed by atoms with Crippen molar-refractivity contribution >= 4 is 16.9 Å². The van der Waals surface area contributed by atoms with Gasteiger partial charge >= 0.3 is 0 Å². The van der Waals surface area contributed by atoms with E-state index in [4.69, 9.17) is 0 Å². The van der Waals surface area contributed by atoms with Crippen molar-refractivity contribution in [2.24, 2.45) is 0 Å². The Morgan fingerprint density at radius 2 is 1.72 bits per heavy atom. The Labute approximate surface area is 105 Å². The number of nitrogens with zero attached hydrogens (tertiary/aromatic N) is 3. The zero-order chi connectivity index (χ0) is 12.4. The number of fused-ring (bicyclic) bond motifs is 1. The number of hydrogen-bond donors (Lipinski definition) is 1. The van der Waals surface area contributed by atoms with Crippen molar-refractivity contribution in [1.82, 2.24) is 15.0 Å². The number of para-hydroxylation sites is 1. The predicted octanol–water partition coefficient (Wildman–Crippen LogP) is 2.73. The maximum absolute atomic E-state index is 4.60. The molecule has 0 atom stereocenters. The minimum atomic E-state index is 0.599. The van der Waals surface area contributed by atoms with Crippen molar-refractivity contribution in [2.75, 3.05) is 12.4 Å². The number of aromatic nitrogens is 3. The van der Waals surface area contributed by atoms with Crippen LogP contribution in [0, 0.1) is 0 Å². The molecule has 0 spiro atoms. The van der Waals surface area contributed by atoms with Gasteiger partial charge in [-0.15, -0.1) is 0 Å². The molecule has 1 N–H and O–H groups in total. The standard InChI is InChI=1S/C14H12N4/c1-15-14-16-9-8-13(18-14)12-7-6-10-4-2-3-5-11(10)17-12/h2-9H,1H3,(H,15,16,18). The van der Waals surface area contributed by atoms with Crippen LogP contribution < -0.4 is 5.32 Å². The Bertz CT molecular complexity index is 694. The van der Waals surface area contributed by atoms with Crippen LogP contribution in [0.3, 0.4) is 0 Å². The molecule has 1 aromatic carbocycles. The molecule has 0 bridgehead atoms. The smallest absolute Gasteiger partial charge is 0.222 e. The molecule has 0 radical (unpaired) electrons. The SMILES string of the molecule is CNc1nccc(-c2ccc3ccccc3n2)n1. The number of anilines is 1. The lowest BCUT2D eigenvalue weighted by Gasteiger charge is -2.04. The average molecular weight is 236 g/mol. The highest BCUT2D eigenvalue weighted by Gasteiger charge is 2.03. The molecule has 0 amide bonds. The summed E-state index contributed by atoms with van der Waals surface area (Å²) in [6, 6.07) is 13.9. The second-order valence-electron chi connectivity index (χ2n) is 3.90. The van der Waals surface area contributed by atoms with Gasteiger partial charge in [0.2, 0.25) is 5.95 Å². The normalized spacial score (nSPS) is 10.5. The van der Waals surface area contributed by atoms with Crippen molar-refractivity contribution in [2.45, 2.75) is 0 Å². The van der Waals surface area contributed by atoms with Gasteiger partial charge in [0.1, 0.15) is 0 Å². The number of pyridine rings is 1. The fraction of sp³-hybridized carbons (Fsp3) is 0.0714. The van der Waals surface area contributed by atoms with Crippen LogP contribution in [0.2, 0.25) is 0 Å². The third-order valence-electron chi connectivity index (χ3n) is 2.74. The fourth-order valence-electron chi connectivity index (χ4n) is 1.83. The van der Waals surface area contributed by atoms with Crippen LogP contribution in [0.25, 0.3) is 22.3 Å². The van der Waals surface area contributed by atoms with Crippen LogP contribution >= 0.6 is 0 Å². The Morgan fingerprint density at radius 3 is 2.61 bits per heavy atom. The minimum Gasteiger partial charge on any atom is -0.357 e. The maximum Gasteiger partial charge on any atom is 0.222 e. The molecule has 4 nitrogen and oxygen atoms in total. The van der Waals surface area contributed by atoms with E-state index in [1.807, 2.05) is 36.4 Å². The van der Waals surface area contributed by atoms with Gasteiger partial charge in [-0.1, -0.05) is 24.3 Å². The lowest BCUT2D eigenvalue weighted by molar-refractivity contribution is 1.14. The molecule has 3 rings (SSSR count). The third kappa shape index (κ3) is 1.88. The van der Waals surface area contributed by atoms with Crippen molar-refractivity contribution in [1.29, 1.82) is 0 Å². The van der Waals surface area contributed by atoms with E-state index >= 15 is 0 Å². The van der Waals surface area contributed by atoms with Crippen molar-refractivity contribution in [3.63, 3.8) is 0 Å². The topological polar surface area (TPSA) is 50.7 Å². The molecule has 2 heterocycles. The lowest BCUT2D eigenvalue weighted by Crippen LogP contribution is -1.97. The molecule has 3 aromatic rings. The molecule has 0 aliphatic rings. The first kappa shape index (κ1) is 10.7. The second kappa shape index (κ2) is 4.41. The third-order valence-corrected chi connectivity index (χ3v) is 2.74. The van der Waals surface area contributed by atoms with Gasteiger partial charge in [0, 0.05) is 18.6 Å². The first-order valence-electron chi connectivity index (χ1n) is 5.74. The van der Waals surface area contributed by atoms with Crippen molar-refractivity contribution in [3.8, 4) is 11.4 Å². The van der Waals surface area contributed by atoms with Gasteiger partial charge in [-0.3, -0.25) is 0 Å². The molecule has 18 heavy (non-hydrogen) atoms. The first-order chi connectivity index (χ1) is 8.86. The highest BCUT2D eigenvalue weighted by Crippen LogP contribution is 2.19. The maximum atomic E-state index is 4.60. The van der Waals surface area contributed by atoms with Crippen LogP contribution in [-0.4, -0.2) is 22.0 Å². The van der Waals surface area contributed by atoms with E-state index in [0.717, 1.165) is 22.3 Å². The van der Waals surface area contributed by atoms with Gasteiger partial charge in [-0.2, -0.15) is 0 Å². The van der Waals surface area contributed by atoms with Gasteiger partial charge in [0.05, 0.1) is 16.9 Å². The molecule has 0 unspecified atom stereocenters. The molecular formula is C14H12N4. The first-order valence-corrected chi connectivity index (χ1v) is 5.74. The number of benzene rings is 1. The molecule has 4 heteroatoms. The summed E-state index contributed by atoms with van der Waals surface area (Å²) in [6.07, 6.45) is 1.73. The molecule has 0 aliphatic heterocycles. The number of hydrogen-bond acceptors (Lipinski definition) is 4. The van der Waals surface area contributed by atoms with Crippen LogP contribution in [0.15, 0.2) is 48.7 Å². The Balaban J connectivity index is 2.13. The predicted molar refractivity (Wildman–Crippen MR) is 72.3 cm³/mol. The van der Waals surface area contributed by atoms with Gasteiger partial charge in [0.25, 0.3) is 0 Å². The second-order valence-corrected chi connectivity index (χ2v) is 3.90. The fourth-order valence-corrected chi connectivity index (χ4v) is 1.83. The Hall–Kier alpha value is -2.49. The van der Waals surface area contributed by atoms with Crippen molar-refractivity contribution in [3.05, 3.63) is 48.7 Å². The van der Waals surface area contributed by atoms with E-state index in [9.17, 15) is 0 Å². The summed E-state index contributed by atoms with van der Waals surface area (Å²) in [5.41, 5.74) is 2.65. The van der Waals surface area contributed by atoms with Gasteiger partial charge in [-0.05, 0) is 18.2 Å². The van der Waals surface area contributed by atoms with Crippen molar-refractivity contribution < 1.29 is 0 Å². The summed E-state index contributed by atoms with van der Waals surface area (Å²) < 4.78 is 0. The summed E-state index contributed by atoms with van der Waals surface area (Å²) in [4.78, 5) is 13.1. The van der Waals surface area contributed by atoms with Crippen LogP contribution in [-0.2, 0) is 0 Å². The van der Waals surface area contributed by atoms with E-state index < -0.39 is 0 Å². The summed E-state index contributed by atoms with van der Waals surface area (Å²) in [6.45, 7) is 0. The van der Waals surface area contributed by atoms with Gasteiger partial charge in [-0.25, -0.2) is 15.0 Å². The Kier molecular flexibility index (Phi) is 2.61. The van der Waals surface area contributed by atoms with Gasteiger partial charge < -0.3 is 5.32 Å². The highest BCUT2D eigenvalue weighted by atomic mass is 15.1. The van der Waals surface area contributed by atoms with E-state index in [-0.39, 0.29) is 0 Å². The van der Waals surface area contributed by atoms with E-state index in [0.29, 0.717) is 5.95 Å². The lowest BCUT2D eigenvalue weighted by atomic mass is 10.2. The van der Waals surface area contributed by atoms with E-state index in [1.165, 1.54) is 0 Å². The number of rotatable bonds is 2. The summed E-state index contributed by atoms with van der Waals surface area (Å²) in [7, 11) is 1.80. The van der Waals surface area contributed by atoms with Crippen LogP contribution in [0.5, 0.6) is 0 Å². The summed E-state index contributed by atoms with van der Waals surface area (Å²) >= 11 is 0. The quantitative estimate of drug-likeness (QED) is 0.743. The van der Waals surface area contributed by atoms with E-state index in [2.05, 4.69) is 26.3 Å². The molecule has 0 saturated heterocycles. The zero-order valence-electron chi connectivity index (χ0n) is 9.96. The molecule has 0 saturated carbocycles. The highest BCUT2D eigenvalue weighted by molar-refractivity contribution is 5.80. The van der Waals surface area contributed by atoms with Crippen LogP contribution in [0.4, 0.5) is 5.95 Å². The Morgan fingerprint density at radius 1 is 0.889 bits per heavy atom. The average Bonchev–Trinajstić information content (AvgIpc) is 2.47. The van der Waals surface area contributed by atoms with E-state index in [1.54, 1.807) is 13.2 Å². The molecular weight excluding hydrogens is 224 g/mol.